The van der Waals surface area contributed by atoms with Gasteiger partial charge in [0.05, 0.1) is 11.0 Å². The van der Waals surface area contributed by atoms with Crippen molar-refractivity contribution >= 4 is 11.4 Å². The van der Waals surface area contributed by atoms with Crippen LogP contribution in [0.15, 0.2) is 18.2 Å². The number of nitrogens with zero attached hydrogens (tertiary/aromatic N) is 1. The normalized spacial score (nSPS) is 13.1. The van der Waals surface area contributed by atoms with Crippen molar-refractivity contribution in [2.75, 3.05) is 19.0 Å². The third kappa shape index (κ3) is 4.21. The van der Waals surface area contributed by atoms with Crippen molar-refractivity contribution in [1.29, 1.82) is 0 Å². The molecule has 1 aromatic rings. The Hall–Kier alpha value is -1.62. The summed E-state index contributed by atoms with van der Waals surface area (Å²) in [6, 6.07) is 4.82. The van der Waals surface area contributed by atoms with Crippen LogP contribution in [0.4, 0.5) is 11.4 Å². The van der Waals surface area contributed by atoms with Crippen LogP contribution in [0.2, 0.25) is 0 Å². The van der Waals surface area contributed by atoms with Gasteiger partial charge in [-0.25, -0.2) is 0 Å². The molecule has 1 aromatic carbocycles. The largest absolute Gasteiger partial charge is 0.382 e. The molecule has 106 valence electrons. The van der Waals surface area contributed by atoms with E-state index in [4.69, 9.17) is 4.74 Å². The average Bonchev–Trinajstić information content (AvgIpc) is 2.29. The number of nitrogens with one attached hydrogen (secondary N) is 1. The topological polar surface area (TPSA) is 64.4 Å². The number of hydrogen-bond acceptors (Lipinski definition) is 4. The van der Waals surface area contributed by atoms with Gasteiger partial charge in [-0.15, -0.1) is 0 Å². The molecule has 0 bridgehead atoms. The fourth-order valence-electron chi connectivity index (χ4n) is 1.91. The minimum atomic E-state index is -0.385. The van der Waals surface area contributed by atoms with E-state index in [1.165, 1.54) is 6.07 Å². The number of benzene rings is 1. The van der Waals surface area contributed by atoms with Crippen LogP contribution >= 0.6 is 0 Å². The Morgan fingerprint density at radius 3 is 2.47 bits per heavy atom. The molecule has 5 heteroatoms. The highest BCUT2D eigenvalue weighted by atomic mass is 16.6. The van der Waals surface area contributed by atoms with Gasteiger partial charge in [0.2, 0.25) is 0 Å². The van der Waals surface area contributed by atoms with Crippen molar-refractivity contribution in [2.45, 2.75) is 33.8 Å². The van der Waals surface area contributed by atoms with Gasteiger partial charge in [0.1, 0.15) is 0 Å². The summed E-state index contributed by atoms with van der Waals surface area (Å²) in [5.41, 5.74) is 1.91. The molecule has 19 heavy (non-hydrogen) atoms. The molecule has 0 radical (unpaired) electrons. The molecule has 0 fully saturated rings. The third-order valence-corrected chi connectivity index (χ3v) is 3.15. The van der Waals surface area contributed by atoms with Crippen molar-refractivity contribution in [3.8, 4) is 0 Å². The summed E-state index contributed by atoms with van der Waals surface area (Å²) < 4.78 is 5.47. The molecule has 0 heterocycles. The monoisotopic (exact) mass is 266 g/mol. The second-order valence-electron chi connectivity index (χ2n) is 5.73. The number of methoxy groups -OCH3 is 1. The van der Waals surface area contributed by atoms with Crippen LogP contribution in [0.3, 0.4) is 0 Å². The fraction of sp³-hybridized carbons (Fsp3) is 0.571. The Morgan fingerprint density at radius 1 is 1.42 bits per heavy atom. The number of non-ortho nitro benzene ring substituents is 1. The Morgan fingerprint density at radius 2 is 2.05 bits per heavy atom. The SMILES string of the molecule is COC(CNc1ccc([N+](=O)[O-])cc1C)C(C)(C)C. The van der Waals surface area contributed by atoms with Crippen LogP contribution in [0.1, 0.15) is 26.3 Å². The molecule has 1 unspecified atom stereocenters. The summed E-state index contributed by atoms with van der Waals surface area (Å²) in [5.74, 6) is 0. The molecule has 0 saturated heterocycles. The predicted molar refractivity (Wildman–Crippen MR) is 76.6 cm³/mol. The highest BCUT2D eigenvalue weighted by Crippen LogP contribution is 2.24. The maximum Gasteiger partial charge on any atom is 0.269 e. The first kappa shape index (κ1) is 15.4. The van der Waals surface area contributed by atoms with E-state index in [9.17, 15) is 10.1 Å². The Balaban J connectivity index is 2.76. The minimum absolute atomic E-state index is 0.0381. The van der Waals surface area contributed by atoms with Crippen molar-refractivity contribution in [2.24, 2.45) is 5.41 Å². The maximum atomic E-state index is 10.7. The van der Waals surface area contributed by atoms with Gasteiger partial charge in [0.15, 0.2) is 0 Å². The van der Waals surface area contributed by atoms with Crippen LogP contribution < -0.4 is 5.32 Å². The van der Waals surface area contributed by atoms with Gasteiger partial charge in [0.25, 0.3) is 5.69 Å². The summed E-state index contributed by atoms with van der Waals surface area (Å²) in [5, 5.41) is 14.0. The molecule has 0 spiro atoms. The summed E-state index contributed by atoms with van der Waals surface area (Å²) in [4.78, 5) is 10.3. The van der Waals surface area contributed by atoms with E-state index in [2.05, 4.69) is 26.1 Å². The van der Waals surface area contributed by atoms with Gasteiger partial charge in [-0.1, -0.05) is 20.8 Å². The summed E-state index contributed by atoms with van der Waals surface area (Å²) >= 11 is 0. The molecule has 0 aliphatic heterocycles. The second kappa shape index (κ2) is 6.02. The quantitative estimate of drug-likeness (QED) is 0.655. The number of nitro groups is 1. The van der Waals surface area contributed by atoms with Gasteiger partial charge in [-0.2, -0.15) is 0 Å². The van der Waals surface area contributed by atoms with Crippen molar-refractivity contribution in [3.63, 3.8) is 0 Å². The zero-order valence-electron chi connectivity index (χ0n) is 12.2. The van der Waals surface area contributed by atoms with Crippen molar-refractivity contribution in [3.05, 3.63) is 33.9 Å². The van der Waals surface area contributed by atoms with Crippen molar-refractivity contribution in [1.82, 2.24) is 0 Å². The van der Waals surface area contributed by atoms with E-state index in [1.54, 1.807) is 19.2 Å². The Labute approximate surface area is 114 Å². The molecular formula is C14H22N2O3. The third-order valence-electron chi connectivity index (χ3n) is 3.15. The van der Waals surface area contributed by atoms with E-state index < -0.39 is 0 Å². The van der Waals surface area contributed by atoms with E-state index in [0.717, 1.165) is 11.3 Å². The Bertz CT molecular complexity index is 452. The summed E-state index contributed by atoms with van der Waals surface area (Å²) in [7, 11) is 1.69. The highest BCUT2D eigenvalue weighted by Gasteiger charge is 2.24. The lowest BCUT2D eigenvalue weighted by Crippen LogP contribution is -2.34. The second-order valence-corrected chi connectivity index (χ2v) is 5.73. The van der Waals surface area contributed by atoms with Crippen LogP contribution in [0.5, 0.6) is 0 Å². The molecule has 0 saturated carbocycles. The first-order valence-corrected chi connectivity index (χ1v) is 6.27. The number of nitro benzene ring substituents is 1. The van der Waals surface area contributed by atoms with Gasteiger partial charge >= 0.3 is 0 Å². The van der Waals surface area contributed by atoms with E-state index in [0.29, 0.717) is 6.54 Å². The predicted octanol–water partition coefficient (Wildman–Crippen LogP) is 3.38. The standard InChI is InChI=1S/C14H22N2O3/c1-10-8-11(16(17)18)6-7-12(10)15-9-13(19-5)14(2,3)4/h6-8,13,15H,9H2,1-5H3. The molecule has 5 nitrogen and oxygen atoms in total. The molecular weight excluding hydrogens is 244 g/mol. The number of aryl methyl sites for hydroxylation is 1. The van der Waals surface area contributed by atoms with Crippen LogP contribution in [-0.2, 0) is 4.74 Å². The van der Waals surface area contributed by atoms with E-state index in [1.807, 2.05) is 6.92 Å². The maximum absolute atomic E-state index is 10.7. The van der Waals surface area contributed by atoms with Gasteiger partial charge in [-0.05, 0) is 24.0 Å². The molecule has 1 rings (SSSR count). The first-order chi connectivity index (χ1) is 8.75. The van der Waals surface area contributed by atoms with Gasteiger partial charge in [-0.3, -0.25) is 10.1 Å². The van der Waals surface area contributed by atoms with Gasteiger partial charge < -0.3 is 10.1 Å². The molecule has 1 N–H and O–H groups in total. The summed E-state index contributed by atoms with van der Waals surface area (Å²) in [6.07, 6.45) is 0.0714. The molecule has 0 aliphatic rings. The zero-order valence-corrected chi connectivity index (χ0v) is 12.2. The lowest BCUT2D eigenvalue weighted by atomic mass is 9.89. The summed E-state index contributed by atoms with van der Waals surface area (Å²) in [6.45, 7) is 8.87. The van der Waals surface area contributed by atoms with Crippen LogP contribution in [0, 0.1) is 22.5 Å². The molecule has 0 aromatic heterocycles. The minimum Gasteiger partial charge on any atom is -0.382 e. The van der Waals surface area contributed by atoms with Gasteiger partial charge in [0, 0.05) is 31.5 Å². The highest BCUT2D eigenvalue weighted by molar-refractivity contribution is 5.55. The van der Waals surface area contributed by atoms with Crippen molar-refractivity contribution < 1.29 is 9.66 Å². The zero-order chi connectivity index (χ0) is 14.6. The van der Waals surface area contributed by atoms with E-state index in [-0.39, 0.29) is 22.1 Å². The lowest BCUT2D eigenvalue weighted by Gasteiger charge is -2.30. The van der Waals surface area contributed by atoms with Crippen LogP contribution in [0.25, 0.3) is 0 Å². The number of hydrogen-bond donors (Lipinski definition) is 1. The van der Waals surface area contributed by atoms with Crippen LogP contribution in [-0.4, -0.2) is 24.7 Å². The number of ether oxygens (including phenoxy) is 1. The number of rotatable bonds is 5. The van der Waals surface area contributed by atoms with E-state index >= 15 is 0 Å². The molecule has 0 amide bonds. The first-order valence-electron chi connectivity index (χ1n) is 6.27. The Kier molecular flexibility index (Phi) is 4.89. The fourth-order valence-corrected chi connectivity index (χ4v) is 1.91. The molecule has 0 aliphatic carbocycles. The lowest BCUT2D eigenvalue weighted by molar-refractivity contribution is -0.384. The smallest absolute Gasteiger partial charge is 0.269 e. The molecule has 1 atom stereocenters. The average molecular weight is 266 g/mol. The number of anilines is 1.